The summed E-state index contributed by atoms with van der Waals surface area (Å²) in [6.07, 6.45) is 1.12. The topological polar surface area (TPSA) is 75.3 Å². The van der Waals surface area contributed by atoms with Gasteiger partial charge in [-0.3, -0.25) is 0 Å². The molecule has 4 N–H and O–H groups in total. The minimum Gasteiger partial charge on any atom is -0.465 e. The van der Waals surface area contributed by atoms with Crippen LogP contribution in [0.25, 0.3) is 0 Å². The zero-order chi connectivity index (χ0) is 10.5. The molecule has 0 fully saturated rings. The van der Waals surface area contributed by atoms with Gasteiger partial charge in [0.2, 0.25) is 0 Å². The van der Waals surface area contributed by atoms with Crippen LogP contribution in [0.15, 0.2) is 0 Å². The fraction of sp³-hybridized carbons (Fsp3) is 0.625. The molecule has 0 rings (SSSR count). The Morgan fingerprint density at radius 1 is 1.69 bits per heavy atom. The van der Waals surface area contributed by atoms with Gasteiger partial charge in [0.15, 0.2) is 0 Å². The van der Waals surface area contributed by atoms with E-state index in [1.54, 1.807) is 0 Å². The fourth-order valence-corrected chi connectivity index (χ4v) is 0.614. The van der Waals surface area contributed by atoms with Crippen molar-refractivity contribution in [1.29, 1.82) is 0 Å². The standard InChI is InChI=1S/C7H12IN.CH3NO2/c1-2-3-6-9-7-4-5-8;2-1(3)4/h9H,2-3,5-6H2,1H3;2H2,(H,3,4). The second kappa shape index (κ2) is 13.9. The lowest BCUT2D eigenvalue weighted by atomic mass is 10.3. The molecule has 4 nitrogen and oxygen atoms in total. The van der Waals surface area contributed by atoms with E-state index in [2.05, 4.69) is 52.5 Å². The molecular weight excluding hydrogens is 283 g/mol. The van der Waals surface area contributed by atoms with Crippen molar-refractivity contribution < 1.29 is 9.90 Å². The van der Waals surface area contributed by atoms with Gasteiger partial charge in [-0.2, -0.15) is 0 Å². The number of carboxylic acid groups (broad SMARTS) is 1. The molecule has 0 bridgehead atoms. The second-order valence-corrected chi connectivity index (χ2v) is 2.82. The molecule has 0 aromatic rings. The van der Waals surface area contributed by atoms with E-state index >= 15 is 0 Å². The highest BCUT2D eigenvalue weighted by atomic mass is 127. The number of hydrogen-bond donors (Lipinski definition) is 3. The van der Waals surface area contributed by atoms with Gasteiger partial charge in [-0.05, 0) is 6.42 Å². The van der Waals surface area contributed by atoms with Gasteiger partial charge in [0, 0.05) is 12.6 Å². The van der Waals surface area contributed by atoms with Crippen LogP contribution in [-0.4, -0.2) is 22.2 Å². The lowest BCUT2D eigenvalue weighted by Crippen LogP contribution is -2.06. The van der Waals surface area contributed by atoms with Gasteiger partial charge in [-0.15, -0.1) is 0 Å². The maximum absolute atomic E-state index is 8.78. The van der Waals surface area contributed by atoms with Crippen LogP contribution >= 0.6 is 22.6 Å². The number of rotatable bonds is 3. The lowest BCUT2D eigenvalue weighted by molar-refractivity contribution is 0.205. The Kier molecular flexibility index (Phi) is 15.9. The third-order valence-electron chi connectivity index (χ3n) is 0.899. The molecule has 0 saturated carbocycles. The summed E-state index contributed by atoms with van der Waals surface area (Å²) in [5, 5.41) is 10.2. The van der Waals surface area contributed by atoms with Crippen LogP contribution in [0.3, 0.4) is 0 Å². The van der Waals surface area contributed by atoms with E-state index in [9.17, 15) is 0 Å². The summed E-state index contributed by atoms with van der Waals surface area (Å²) in [6, 6.07) is 2.86. The summed E-state index contributed by atoms with van der Waals surface area (Å²) >= 11 is 2.23. The minimum absolute atomic E-state index is 0.914. The molecule has 0 atom stereocenters. The smallest absolute Gasteiger partial charge is 0.402 e. The first kappa shape index (κ1) is 14.9. The first-order valence-electron chi connectivity index (χ1n) is 3.90. The number of halogens is 1. The molecule has 5 heteroatoms. The number of hydrogen-bond acceptors (Lipinski definition) is 2. The van der Waals surface area contributed by atoms with Crippen LogP contribution < -0.4 is 11.1 Å². The summed E-state index contributed by atoms with van der Waals surface area (Å²) in [4.78, 5) is 8.78. The third kappa shape index (κ3) is 34.6. The summed E-state index contributed by atoms with van der Waals surface area (Å²) < 4.78 is 0.914. The van der Waals surface area contributed by atoms with Crippen molar-refractivity contribution in [3.63, 3.8) is 0 Å². The maximum Gasteiger partial charge on any atom is 0.402 e. The summed E-state index contributed by atoms with van der Waals surface area (Å²) in [7, 11) is 0. The SMILES string of the molecule is CCCCNC#CCI.NC(=O)O. The first-order chi connectivity index (χ1) is 6.15. The largest absolute Gasteiger partial charge is 0.465 e. The monoisotopic (exact) mass is 298 g/mol. The highest BCUT2D eigenvalue weighted by Gasteiger charge is 1.76. The Bertz CT molecular complexity index is 171. The molecule has 0 aromatic heterocycles. The van der Waals surface area contributed by atoms with Crippen molar-refractivity contribution in [2.75, 3.05) is 11.0 Å². The highest BCUT2D eigenvalue weighted by Crippen LogP contribution is 1.80. The minimum atomic E-state index is -1.33. The molecule has 0 heterocycles. The molecule has 0 saturated heterocycles. The van der Waals surface area contributed by atoms with E-state index in [0.717, 1.165) is 11.0 Å². The molecule has 76 valence electrons. The van der Waals surface area contributed by atoms with E-state index in [4.69, 9.17) is 9.90 Å². The molecule has 0 unspecified atom stereocenters. The number of carbonyl (C=O) groups is 1. The van der Waals surface area contributed by atoms with Crippen molar-refractivity contribution >= 4 is 28.7 Å². The normalized spacial score (nSPS) is 7.23. The summed E-state index contributed by atoms with van der Waals surface area (Å²) in [6.45, 7) is 3.20. The van der Waals surface area contributed by atoms with Gasteiger partial charge in [0.25, 0.3) is 0 Å². The van der Waals surface area contributed by atoms with Crippen molar-refractivity contribution in [2.24, 2.45) is 5.73 Å². The molecule has 0 spiro atoms. The summed E-state index contributed by atoms with van der Waals surface area (Å²) in [5.41, 5.74) is 4.03. The molecule has 0 aliphatic carbocycles. The average molecular weight is 298 g/mol. The van der Waals surface area contributed by atoms with E-state index in [-0.39, 0.29) is 0 Å². The highest BCUT2D eigenvalue weighted by molar-refractivity contribution is 14.1. The van der Waals surface area contributed by atoms with Gasteiger partial charge in [-0.25, -0.2) is 4.79 Å². The van der Waals surface area contributed by atoms with Gasteiger partial charge in [0.1, 0.15) is 0 Å². The zero-order valence-electron chi connectivity index (χ0n) is 7.64. The van der Waals surface area contributed by atoms with Gasteiger partial charge >= 0.3 is 6.09 Å². The molecule has 1 amide bonds. The Labute approximate surface area is 92.4 Å². The number of primary amides is 1. The van der Waals surface area contributed by atoms with Crippen molar-refractivity contribution in [2.45, 2.75) is 19.8 Å². The van der Waals surface area contributed by atoms with E-state index in [1.807, 2.05) is 0 Å². The van der Waals surface area contributed by atoms with Gasteiger partial charge < -0.3 is 16.2 Å². The lowest BCUT2D eigenvalue weighted by Gasteiger charge is -1.91. The van der Waals surface area contributed by atoms with E-state index in [1.165, 1.54) is 12.8 Å². The Balaban J connectivity index is 0. The number of alkyl halides is 1. The van der Waals surface area contributed by atoms with Crippen LogP contribution in [0, 0.1) is 12.0 Å². The van der Waals surface area contributed by atoms with Crippen LogP contribution in [0.1, 0.15) is 19.8 Å². The molecule has 13 heavy (non-hydrogen) atoms. The average Bonchev–Trinajstić information content (AvgIpc) is 2.03. The molecular formula is C8H15IN2O2. The Hall–Kier alpha value is -0.640. The van der Waals surface area contributed by atoms with E-state index < -0.39 is 6.09 Å². The number of amides is 1. The summed E-state index contributed by atoms with van der Waals surface area (Å²) in [5.74, 6) is 2.93. The Morgan fingerprint density at radius 3 is 2.62 bits per heavy atom. The number of nitrogens with one attached hydrogen (secondary N) is 1. The maximum atomic E-state index is 8.78. The third-order valence-corrected chi connectivity index (χ3v) is 1.28. The molecule has 0 aromatic carbocycles. The van der Waals surface area contributed by atoms with Crippen LogP contribution in [0.4, 0.5) is 4.79 Å². The van der Waals surface area contributed by atoms with Crippen LogP contribution in [-0.2, 0) is 0 Å². The predicted molar refractivity (Wildman–Crippen MR) is 61.8 cm³/mol. The van der Waals surface area contributed by atoms with Gasteiger partial charge in [0.05, 0.1) is 4.43 Å². The van der Waals surface area contributed by atoms with Crippen molar-refractivity contribution in [1.82, 2.24) is 5.32 Å². The molecule has 0 aliphatic rings. The van der Waals surface area contributed by atoms with Crippen LogP contribution in [0.2, 0.25) is 0 Å². The zero-order valence-corrected chi connectivity index (χ0v) is 9.80. The predicted octanol–water partition coefficient (Wildman–Crippen LogP) is 1.40. The van der Waals surface area contributed by atoms with Crippen LogP contribution in [0.5, 0.6) is 0 Å². The number of unbranched alkanes of at least 4 members (excludes halogenated alkanes) is 1. The fourth-order valence-electron chi connectivity index (χ4n) is 0.424. The first-order valence-corrected chi connectivity index (χ1v) is 5.42. The van der Waals surface area contributed by atoms with Crippen molar-refractivity contribution in [3.8, 4) is 12.0 Å². The quantitative estimate of drug-likeness (QED) is 0.242. The van der Waals surface area contributed by atoms with Gasteiger partial charge in [-0.1, -0.05) is 41.9 Å². The second-order valence-electron chi connectivity index (χ2n) is 2.05. The molecule has 0 radical (unpaired) electrons. The van der Waals surface area contributed by atoms with Crippen molar-refractivity contribution in [3.05, 3.63) is 0 Å². The Morgan fingerprint density at radius 2 is 2.23 bits per heavy atom. The van der Waals surface area contributed by atoms with E-state index in [0.29, 0.717) is 0 Å². The number of nitrogens with two attached hydrogens (primary N) is 1. The molecule has 0 aliphatic heterocycles.